The van der Waals surface area contributed by atoms with Crippen LogP contribution in [0.25, 0.3) is 22.5 Å². The molecule has 1 aromatic carbocycles. The summed E-state index contributed by atoms with van der Waals surface area (Å²) < 4.78 is 28.8. The number of sulfonamides is 1. The third-order valence-electron chi connectivity index (χ3n) is 5.78. The molecule has 3 aromatic rings. The fourth-order valence-corrected chi connectivity index (χ4v) is 5.29. The number of aliphatic hydroxyl groups excluding tert-OH is 1. The Bertz CT molecular complexity index is 1240. The van der Waals surface area contributed by atoms with Gasteiger partial charge in [0.1, 0.15) is 11.5 Å². The van der Waals surface area contributed by atoms with E-state index >= 15 is 0 Å². The predicted molar refractivity (Wildman–Crippen MR) is 123 cm³/mol. The normalized spacial score (nSPS) is 19.1. The van der Waals surface area contributed by atoms with Gasteiger partial charge >= 0.3 is 0 Å². The molecule has 32 heavy (non-hydrogen) atoms. The standard InChI is InChI=1S/C23H27N5O3S/c1-14-3-8-19(32(30,31)28-17-4-6-18(29)7-5-17)12-20(14)21-13-26-23(24)22(27-21)16-9-10-25-15(2)11-16/h3,8-13,17-18,28-29H,4-7H2,1-2H3,(H2,24,26)/t17-,18-. The maximum absolute atomic E-state index is 13.0. The molecule has 1 saturated carbocycles. The highest BCUT2D eigenvalue weighted by molar-refractivity contribution is 7.89. The molecule has 0 radical (unpaired) electrons. The molecule has 0 unspecified atom stereocenters. The number of aromatic nitrogens is 3. The molecule has 0 aliphatic heterocycles. The lowest BCUT2D eigenvalue weighted by Gasteiger charge is -2.26. The first-order chi connectivity index (χ1) is 15.2. The molecule has 2 heterocycles. The molecule has 9 heteroatoms. The number of benzene rings is 1. The lowest BCUT2D eigenvalue weighted by molar-refractivity contribution is 0.120. The van der Waals surface area contributed by atoms with E-state index in [-0.39, 0.29) is 17.0 Å². The van der Waals surface area contributed by atoms with E-state index in [4.69, 9.17) is 10.7 Å². The second kappa shape index (κ2) is 8.93. The summed E-state index contributed by atoms with van der Waals surface area (Å²) in [5.74, 6) is 0.293. The molecule has 0 saturated heterocycles. The summed E-state index contributed by atoms with van der Waals surface area (Å²) in [7, 11) is -3.71. The van der Waals surface area contributed by atoms with Gasteiger partial charge in [-0.2, -0.15) is 0 Å². The fourth-order valence-electron chi connectivity index (χ4n) is 3.96. The molecule has 4 rings (SSSR count). The Kier molecular flexibility index (Phi) is 6.23. The summed E-state index contributed by atoms with van der Waals surface area (Å²) in [6.45, 7) is 3.78. The van der Waals surface area contributed by atoms with Gasteiger partial charge in [0.2, 0.25) is 10.0 Å². The summed E-state index contributed by atoms with van der Waals surface area (Å²) >= 11 is 0. The van der Waals surface area contributed by atoms with Gasteiger partial charge < -0.3 is 10.8 Å². The first-order valence-electron chi connectivity index (χ1n) is 10.6. The van der Waals surface area contributed by atoms with E-state index in [1.54, 1.807) is 30.6 Å². The molecule has 0 spiro atoms. The number of aliphatic hydroxyl groups is 1. The van der Waals surface area contributed by atoms with Crippen LogP contribution in [0.1, 0.15) is 36.9 Å². The minimum Gasteiger partial charge on any atom is -0.393 e. The molecule has 1 fully saturated rings. The van der Waals surface area contributed by atoms with Crippen molar-refractivity contribution >= 4 is 15.8 Å². The van der Waals surface area contributed by atoms with Crippen molar-refractivity contribution in [3.63, 3.8) is 0 Å². The number of rotatable bonds is 5. The molecule has 1 aliphatic carbocycles. The van der Waals surface area contributed by atoms with Gasteiger partial charge in [-0.05, 0) is 69.4 Å². The van der Waals surface area contributed by atoms with Gasteiger partial charge in [-0.15, -0.1) is 0 Å². The SMILES string of the molecule is Cc1cc(-c2nc(-c3cc(S(=O)(=O)N[C@H]4CC[C@H](O)CC4)ccc3C)cnc2N)ccn1. The van der Waals surface area contributed by atoms with Crippen LogP contribution in [0.5, 0.6) is 0 Å². The number of anilines is 1. The van der Waals surface area contributed by atoms with Crippen LogP contribution in [0.3, 0.4) is 0 Å². The second-order valence-corrected chi connectivity index (χ2v) is 9.99. The van der Waals surface area contributed by atoms with E-state index in [1.165, 1.54) is 0 Å². The lowest BCUT2D eigenvalue weighted by Crippen LogP contribution is -2.38. The fraction of sp³-hybridized carbons (Fsp3) is 0.348. The van der Waals surface area contributed by atoms with Gasteiger partial charge in [0, 0.05) is 29.1 Å². The number of nitrogens with one attached hydrogen (secondary N) is 1. The van der Waals surface area contributed by atoms with Gasteiger partial charge in [0.15, 0.2) is 0 Å². The van der Waals surface area contributed by atoms with Crippen LogP contribution in [0, 0.1) is 13.8 Å². The predicted octanol–water partition coefficient (Wildman–Crippen LogP) is 2.99. The van der Waals surface area contributed by atoms with Crippen molar-refractivity contribution in [1.29, 1.82) is 0 Å². The van der Waals surface area contributed by atoms with Crippen molar-refractivity contribution < 1.29 is 13.5 Å². The average molecular weight is 454 g/mol. The van der Waals surface area contributed by atoms with Gasteiger partial charge in [0.05, 0.1) is 22.9 Å². The van der Waals surface area contributed by atoms with E-state index in [9.17, 15) is 13.5 Å². The maximum atomic E-state index is 13.0. The van der Waals surface area contributed by atoms with Crippen molar-refractivity contribution in [2.75, 3.05) is 5.73 Å². The Balaban J connectivity index is 1.68. The molecule has 2 aromatic heterocycles. The first-order valence-corrected chi connectivity index (χ1v) is 12.1. The maximum Gasteiger partial charge on any atom is 0.240 e. The molecular weight excluding hydrogens is 426 g/mol. The largest absolute Gasteiger partial charge is 0.393 e. The van der Waals surface area contributed by atoms with Gasteiger partial charge in [0.25, 0.3) is 0 Å². The zero-order valence-corrected chi connectivity index (χ0v) is 18.9. The average Bonchev–Trinajstić information content (AvgIpc) is 2.76. The minimum absolute atomic E-state index is 0.171. The summed E-state index contributed by atoms with van der Waals surface area (Å²) in [6.07, 6.45) is 5.35. The third kappa shape index (κ3) is 4.79. The van der Waals surface area contributed by atoms with E-state index in [0.717, 1.165) is 16.8 Å². The molecule has 0 atom stereocenters. The minimum atomic E-state index is -3.71. The summed E-state index contributed by atoms with van der Waals surface area (Å²) in [5, 5.41) is 9.67. The lowest BCUT2D eigenvalue weighted by atomic mass is 9.94. The smallest absolute Gasteiger partial charge is 0.240 e. The molecule has 0 bridgehead atoms. The summed E-state index contributed by atoms with van der Waals surface area (Å²) in [5.41, 5.74) is 10.3. The van der Waals surface area contributed by atoms with Crippen molar-refractivity contribution in [2.45, 2.75) is 56.6 Å². The summed E-state index contributed by atoms with van der Waals surface area (Å²) in [4.78, 5) is 13.4. The van der Waals surface area contributed by atoms with E-state index in [1.807, 2.05) is 26.0 Å². The topological polar surface area (TPSA) is 131 Å². The van der Waals surface area contributed by atoms with E-state index < -0.39 is 10.0 Å². The quantitative estimate of drug-likeness (QED) is 0.541. The zero-order chi connectivity index (χ0) is 22.9. The molecule has 0 amide bonds. The highest BCUT2D eigenvalue weighted by Crippen LogP contribution is 2.30. The zero-order valence-electron chi connectivity index (χ0n) is 18.1. The Morgan fingerprint density at radius 3 is 2.53 bits per heavy atom. The molecule has 1 aliphatic rings. The Morgan fingerprint density at radius 2 is 1.81 bits per heavy atom. The van der Waals surface area contributed by atoms with Crippen LogP contribution >= 0.6 is 0 Å². The molecular formula is C23H27N5O3S. The van der Waals surface area contributed by atoms with Crippen LogP contribution in [-0.4, -0.2) is 40.6 Å². The van der Waals surface area contributed by atoms with Crippen LogP contribution in [0.2, 0.25) is 0 Å². The number of hydrogen-bond acceptors (Lipinski definition) is 7. The third-order valence-corrected chi connectivity index (χ3v) is 7.30. The number of pyridine rings is 1. The monoisotopic (exact) mass is 453 g/mol. The van der Waals surface area contributed by atoms with E-state index in [0.29, 0.717) is 48.5 Å². The van der Waals surface area contributed by atoms with Crippen molar-refractivity contribution in [3.05, 3.63) is 54.0 Å². The Labute approximate surface area is 188 Å². The van der Waals surface area contributed by atoms with Crippen LogP contribution in [0.15, 0.2) is 47.6 Å². The Morgan fingerprint density at radius 1 is 1.06 bits per heavy atom. The van der Waals surface area contributed by atoms with Gasteiger partial charge in [-0.1, -0.05) is 6.07 Å². The highest BCUT2D eigenvalue weighted by Gasteiger charge is 2.25. The first kappa shape index (κ1) is 22.3. The van der Waals surface area contributed by atoms with Crippen molar-refractivity contribution in [2.24, 2.45) is 0 Å². The molecule has 168 valence electrons. The van der Waals surface area contributed by atoms with Crippen LogP contribution in [0.4, 0.5) is 5.82 Å². The number of nitrogen functional groups attached to an aromatic ring is 1. The number of aryl methyl sites for hydroxylation is 2. The van der Waals surface area contributed by atoms with E-state index in [2.05, 4.69) is 14.7 Å². The van der Waals surface area contributed by atoms with Gasteiger partial charge in [-0.3, -0.25) is 4.98 Å². The van der Waals surface area contributed by atoms with Gasteiger partial charge in [-0.25, -0.2) is 23.1 Å². The van der Waals surface area contributed by atoms with Crippen molar-refractivity contribution in [3.8, 4) is 22.5 Å². The Hall–Kier alpha value is -2.88. The van der Waals surface area contributed by atoms with Crippen molar-refractivity contribution in [1.82, 2.24) is 19.7 Å². The molecule has 8 nitrogen and oxygen atoms in total. The van der Waals surface area contributed by atoms with Crippen LogP contribution < -0.4 is 10.5 Å². The molecule has 4 N–H and O–H groups in total. The highest BCUT2D eigenvalue weighted by atomic mass is 32.2. The second-order valence-electron chi connectivity index (χ2n) is 8.28. The van der Waals surface area contributed by atoms with Crippen LogP contribution in [-0.2, 0) is 10.0 Å². The number of nitrogens with two attached hydrogens (primary N) is 1. The summed E-state index contributed by atoms with van der Waals surface area (Å²) in [6, 6.07) is 8.50. The number of nitrogens with zero attached hydrogens (tertiary/aromatic N) is 3. The number of hydrogen-bond donors (Lipinski definition) is 3.